The van der Waals surface area contributed by atoms with E-state index < -0.39 is 0 Å². The molecule has 0 saturated heterocycles. The molecule has 20 heavy (non-hydrogen) atoms. The molecule has 3 aromatic rings. The predicted octanol–water partition coefficient (Wildman–Crippen LogP) is 2.89. The topological polar surface area (TPSA) is 70.2 Å². The molecular weight excluding hydrogens is 254 g/mol. The minimum absolute atomic E-state index is 0.248. The Hall–Kier alpha value is -2.69. The first-order valence-electron chi connectivity index (χ1n) is 6.30. The van der Waals surface area contributed by atoms with Crippen molar-refractivity contribution in [2.24, 2.45) is 0 Å². The zero-order valence-corrected chi connectivity index (χ0v) is 11.1. The molecule has 3 rings (SSSR count). The van der Waals surface area contributed by atoms with Gasteiger partial charge in [0.1, 0.15) is 11.5 Å². The molecule has 5 nitrogen and oxygen atoms in total. The normalized spacial score (nSPS) is 10.7. The molecule has 1 aromatic heterocycles. The summed E-state index contributed by atoms with van der Waals surface area (Å²) in [5.41, 5.74) is 2.73. The van der Waals surface area contributed by atoms with Gasteiger partial charge in [0.2, 0.25) is 0 Å². The van der Waals surface area contributed by atoms with Crippen LogP contribution < -0.4 is 10.1 Å². The quantitative estimate of drug-likeness (QED) is 0.681. The number of methoxy groups -OCH3 is 1. The highest BCUT2D eigenvalue weighted by atomic mass is 16.5. The van der Waals surface area contributed by atoms with E-state index in [9.17, 15) is 5.11 Å². The van der Waals surface area contributed by atoms with Crippen LogP contribution in [0.1, 0.15) is 5.56 Å². The fraction of sp³-hybridized carbons (Fsp3) is 0.133. The van der Waals surface area contributed by atoms with E-state index in [1.807, 2.05) is 24.3 Å². The van der Waals surface area contributed by atoms with Gasteiger partial charge in [-0.05, 0) is 30.3 Å². The van der Waals surface area contributed by atoms with Gasteiger partial charge in [-0.3, -0.25) is 5.10 Å². The minimum atomic E-state index is 0.248. The van der Waals surface area contributed by atoms with E-state index in [0.717, 1.165) is 27.9 Å². The number of anilines is 1. The van der Waals surface area contributed by atoms with Crippen molar-refractivity contribution in [1.29, 1.82) is 0 Å². The summed E-state index contributed by atoms with van der Waals surface area (Å²) in [6, 6.07) is 11.1. The van der Waals surface area contributed by atoms with Gasteiger partial charge in [-0.2, -0.15) is 5.10 Å². The zero-order chi connectivity index (χ0) is 13.9. The Balaban J connectivity index is 1.84. The van der Waals surface area contributed by atoms with E-state index in [0.29, 0.717) is 6.54 Å². The summed E-state index contributed by atoms with van der Waals surface area (Å²) in [5.74, 6) is 0.971. The molecule has 0 radical (unpaired) electrons. The molecule has 5 heteroatoms. The van der Waals surface area contributed by atoms with Crippen LogP contribution in [-0.4, -0.2) is 22.4 Å². The Kier molecular flexibility index (Phi) is 3.16. The van der Waals surface area contributed by atoms with E-state index in [2.05, 4.69) is 15.5 Å². The summed E-state index contributed by atoms with van der Waals surface area (Å²) >= 11 is 0. The summed E-state index contributed by atoms with van der Waals surface area (Å²) in [6.07, 6.45) is 1.78. The third kappa shape index (κ3) is 2.25. The van der Waals surface area contributed by atoms with Crippen molar-refractivity contribution < 1.29 is 9.84 Å². The number of aromatic nitrogens is 2. The summed E-state index contributed by atoms with van der Waals surface area (Å²) in [5, 5.41) is 21.2. The number of phenols is 1. The second-order valence-electron chi connectivity index (χ2n) is 4.49. The van der Waals surface area contributed by atoms with Gasteiger partial charge in [-0.15, -0.1) is 0 Å². The smallest absolute Gasteiger partial charge is 0.120 e. The lowest BCUT2D eigenvalue weighted by atomic mass is 10.1. The maximum atomic E-state index is 9.87. The summed E-state index contributed by atoms with van der Waals surface area (Å²) in [6.45, 7) is 0.507. The van der Waals surface area contributed by atoms with Crippen LogP contribution in [0.25, 0.3) is 10.9 Å². The number of phenolic OH excluding ortho intramolecular Hbond substituents is 1. The maximum absolute atomic E-state index is 9.87. The lowest BCUT2D eigenvalue weighted by Crippen LogP contribution is -2.00. The SMILES string of the molecule is COc1ccc(O)c(CNc2cccc3[nH]ncc23)c1. The molecule has 0 atom stereocenters. The Bertz CT molecular complexity index is 737. The molecule has 0 aliphatic rings. The molecule has 0 fully saturated rings. The highest BCUT2D eigenvalue weighted by Gasteiger charge is 2.06. The number of nitrogens with one attached hydrogen (secondary N) is 2. The molecule has 3 N–H and O–H groups in total. The largest absolute Gasteiger partial charge is 0.508 e. The van der Waals surface area contributed by atoms with Gasteiger partial charge in [0.05, 0.1) is 18.8 Å². The van der Waals surface area contributed by atoms with Crippen LogP contribution in [0.4, 0.5) is 5.69 Å². The average molecular weight is 269 g/mol. The molecule has 0 bridgehead atoms. The number of fused-ring (bicyclic) bond motifs is 1. The standard InChI is InChI=1S/C15H15N3O2/c1-20-11-5-6-15(19)10(7-11)8-16-13-3-2-4-14-12(13)9-17-18-14/h2-7,9,16,19H,8H2,1H3,(H,17,18). The number of aromatic hydroxyl groups is 1. The molecule has 0 aliphatic carbocycles. The number of rotatable bonds is 4. The van der Waals surface area contributed by atoms with Crippen molar-refractivity contribution in [2.45, 2.75) is 6.54 Å². The summed E-state index contributed by atoms with van der Waals surface area (Å²) in [7, 11) is 1.61. The number of hydrogen-bond donors (Lipinski definition) is 3. The molecule has 0 saturated carbocycles. The van der Waals surface area contributed by atoms with Gasteiger partial charge in [-0.1, -0.05) is 6.07 Å². The Morgan fingerprint density at radius 1 is 1.30 bits per heavy atom. The first-order valence-corrected chi connectivity index (χ1v) is 6.30. The van der Waals surface area contributed by atoms with Crippen molar-refractivity contribution in [3.05, 3.63) is 48.2 Å². The minimum Gasteiger partial charge on any atom is -0.508 e. The summed E-state index contributed by atoms with van der Waals surface area (Å²) < 4.78 is 5.17. The van der Waals surface area contributed by atoms with Crippen LogP contribution in [0.3, 0.4) is 0 Å². The number of ether oxygens (including phenoxy) is 1. The van der Waals surface area contributed by atoms with Gasteiger partial charge in [0.15, 0.2) is 0 Å². The van der Waals surface area contributed by atoms with Crippen LogP contribution >= 0.6 is 0 Å². The van der Waals surface area contributed by atoms with Crippen LogP contribution in [0.5, 0.6) is 11.5 Å². The highest BCUT2D eigenvalue weighted by Crippen LogP contribution is 2.26. The van der Waals surface area contributed by atoms with Crippen LogP contribution in [0.15, 0.2) is 42.6 Å². The first-order chi connectivity index (χ1) is 9.78. The lowest BCUT2D eigenvalue weighted by Gasteiger charge is -2.10. The molecule has 1 heterocycles. The van der Waals surface area contributed by atoms with E-state index >= 15 is 0 Å². The third-order valence-electron chi connectivity index (χ3n) is 3.24. The number of aromatic amines is 1. The van der Waals surface area contributed by atoms with Crippen molar-refractivity contribution in [3.8, 4) is 11.5 Å². The van der Waals surface area contributed by atoms with Gasteiger partial charge in [0.25, 0.3) is 0 Å². The van der Waals surface area contributed by atoms with E-state index in [1.165, 1.54) is 0 Å². The van der Waals surface area contributed by atoms with Gasteiger partial charge in [-0.25, -0.2) is 0 Å². The first kappa shape index (κ1) is 12.3. The van der Waals surface area contributed by atoms with Crippen molar-refractivity contribution in [1.82, 2.24) is 10.2 Å². The number of nitrogens with zero attached hydrogens (tertiary/aromatic N) is 1. The zero-order valence-electron chi connectivity index (χ0n) is 11.1. The molecular formula is C15H15N3O2. The van der Waals surface area contributed by atoms with Gasteiger partial charge in [0, 0.05) is 23.2 Å². The fourth-order valence-electron chi connectivity index (χ4n) is 2.14. The Labute approximate surface area is 116 Å². The maximum Gasteiger partial charge on any atom is 0.120 e. The van der Waals surface area contributed by atoms with Crippen molar-refractivity contribution in [3.63, 3.8) is 0 Å². The molecule has 0 aliphatic heterocycles. The Morgan fingerprint density at radius 3 is 3.05 bits per heavy atom. The van der Waals surface area contributed by atoms with Crippen molar-refractivity contribution in [2.75, 3.05) is 12.4 Å². The average Bonchev–Trinajstić information content (AvgIpc) is 2.95. The van der Waals surface area contributed by atoms with Gasteiger partial charge >= 0.3 is 0 Å². The van der Waals surface area contributed by atoms with Gasteiger partial charge < -0.3 is 15.2 Å². The number of benzene rings is 2. The molecule has 2 aromatic carbocycles. The lowest BCUT2D eigenvalue weighted by molar-refractivity contribution is 0.411. The second kappa shape index (κ2) is 5.13. The molecule has 0 unspecified atom stereocenters. The monoisotopic (exact) mass is 269 g/mol. The van der Waals surface area contributed by atoms with E-state index in [4.69, 9.17) is 4.74 Å². The van der Waals surface area contributed by atoms with Crippen LogP contribution in [0, 0.1) is 0 Å². The molecule has 0 spiro atoms. The van der Waals surface area contributed by atoms with E-state index in [-0.39, 0.29) is 5.75 Å². The van der Waals surface area contributed by atoms with E-state index in [1.54, 1.807) is 25.4 Å². The number of hydrogen-bond acceptors (Lipinski definition) is 4. The predicted molar refractivity (Wildman–Crippen MR) is 78.1 cm³/mol. The molecule has 102 valence electrons. The molecule has 0 amide bonds. The summed E-state index contributed by atoms with van der Waals surface area (Å²) in [4.78, 5) is 0. The number of H-pyrrole nitrogens is 1. The van der Waals surface area contributed by atoms with Crippen molar-refractivity contribution >= 4 is 16.6 Å². The Morgan fingerprint density at radius 2 is 2.20 bits per heavy atom. The van der Waals surface area contributed by atoms with Crippen LogP contribution in [0.2, 0.25) is 0 Å². The second-order valence-corrected chi connectivity index (χ2v) is 4.49. The third-order valence-corrected chi connectivity index (χ3v) is 3.24. The highest BCUT2D eigenvalue weighted by molar-refractivity contribution is 5.90. The fourth-order valence-corrected chi connectivity index (χ4v) is 2.14. The van der Waals surface area contributed by atoms with Crippen LogP contribution in [-0.2, 0) is 6.54 Å².